The second kappa shape index (κ2) is 8.43. The third-order valence-electron chi connectivity index (χ3n) is 2.81. The second-order valence-corrected chi connectivity index (χ2v) is 4.25. The van der Waals surface area contributed by atoms with Crippen molar-refractivity contribution in [3.8, 4) is 11.5 Å². The van der Waals surface area contributed by atoms with Crippen LogP contribution in [0.3, 0.4) is 0 Å². The lowest BCUT2D eigenvalue weighted by molar-refractivity contribution is -0.151. The second-order valence-electron chi connectivity index (χ2n) is 4.25. The Balaban J connectivity index is 3.00. The lowest BCUT2D eigenvalue weighted by atomic mass is 10.1. The predicted molar refractivity (Wildman–Crippen MR) is 74.9 cm³/mol. The molecule has 5 heteroatoms. The molecule has 112 valence electrons. The summed E-state index contributed by atoms with van der Waals surface area (Å²) in [6.45, 7) is 3.84. The summed E-state index contributed by atoms with van der Waals surface area (Å²) in [7, 11) is 1.52. The zero-order valence-electron chi connectivity index (χ0n) is 12.2. The Hall–Kier alpha value is -1.75. The van der Waals surface area contributed by atoms with E-state index in [0.29, 0.717) is 30.1 Å². The monoisotopic (exact) mass is 282 g/mol. The van der Waals surface area contributed by atoms with Crippen LogP contribution in [-0.4, -0.2) is 30.9 Å². The van der Waals surface area contributed by atoms with Crippen LogP contribution in [0.4, 0.5) is 0 Å². The standard InChI is InChI=1S/C15H22O5/c1-4-7-13(15(17)19-5-2)20-14-11(10-16)8-6-9-12(14)18-3/h6,8-9,13,16H,4-5,7,10H2,1-3H3. The summed E-state index contributed by atoms with van der Waals surface area (Å²) in [6.07, 6.45) is 0.635. The van der Waals surface area contributed by atoms with Gasteiger partial charge in [0.25, 0.3) is 0 Å². The minimum atomic E-state index is -0.693. The molecule has 0 fully saturated rings. The minimum absolute atomic E-state index is 0.186. The molecule has 0 radical (unpaired) electrons. The quantitative estimate of drug-likeness (QED) is 0.741. The number of benzene rings is 1. The van der Waals surface area contributed by atoms with Gasteiger partial charge in [0.2, 0.25) is 0 Å². The van der Waals surface area contributed by atoms with Gasteiger partial charge in [0.1, 0.15) is 0 Å². The van der Waals surface area contributed by atoms with Crippen molar-refractivity contribution in [1.29, 1.82) is 0 Å². The number of hydrogen-bond donors (Lipinski definition) is 1. The highest BCUT2D eigenvalue weighted by molar-refractivity contribution is 5.75. The third-order valence-corrected chi connectivity index (χ3v) is 2.81. The van der Waals surface area contributed by atoms with Crippen LogP contribution >= 0.6 is 0 Å². The summed E-state index contributed by atoms with van der Waals surface area (Å²) in [4.78, 5) is 11.9. The van der Waals surface area contributed by atoms with Gasteiger partial charge in [-0.3, -0.25) is 0 Å². The Bertz CT molecular complexity index is 408. The van der Waals surface area contributed by atoms with Gasteiger partial charge in [0.05, 0.1) is 20.3 Å². The molecule has 0 bridgehead atoms. The van der Waals surface area contributed by atoms with E-state index in [1.165, 1.54) is 7.11 Å². The first-order chi connectivity index (χ1) is 9.67. The van der Waals surface area contributed by atoms with E-state index in [9.17, 15) is 9.90 Å². The fourth-order valence-electron chi connectivity index (χ4n) is 1.84. The zero-order chi connectivity index (χ0) is 15.0. The predicted octanol–water partition coefficient (Wildman–Crippen LogP) is 2.30. The largest absolute Gasteiger partial charge is 0.493 e. The summed E-state index contributed by atoms with van der Waals surface area (Å²) in [5.41, 5.74) is 0.578. The van der Waals surface area contributed by atoms with Crippen molar-refractivity contribution in [2.45, 2.75) is 39.4 Å². The average molecular weight is 282 g/mol. The smallest absolute Gasteiger partial charge is 0.347 e. The number of aliphatic hydroxyl groups is 1. The molecule has 0 saturated heterocycles. The summed E-state index contributed by atoms with van der Waals surface area (Å²) in [5.74, 6) is 0.482. The number of methoxy groups -OCH3 is 1. The van der Waals surface area contributed by atoms with E-state index >= 15 is 0 Å². The zero-order valence-corrected chi connectivity index (χ0v) is 12.2. The van der Waals surface area contributed by atoms with Crippen molar-refractivity contribution in [1.82, 2.24) is 0 Å². The molecule has 0 aliphatic heterocycles. The lowest BCUT2D eigenvalue weighted by Gasteiger charge is -2.20. The van der Waals surface area contributed by atoms with Crippen molar-refractivity contribution in [2.24, 2.45) is 0 Å². The van der Waals surface area contributed by atoms with E-state index in [4.69, 9.17) is 14.2 Å². The van der Waals surface area contributed by atoms with Crippen LogP contribution in [0.1, 0.15) is 32.3 Å². The number of rotatable bonds is 8. The van der Waals surface area contributed by atoms with Gasteiger partial charge in [-0.05, 0) is 19.4 Å². The van der Waals surface area contributed by atoms with E-state index in [-0.39, 0.29) is 6.61 Å². The maximum Gasteiger partial charge on any atom is 0.347 e. The molecule has 0 saturated carbocycles. The van der Waals surface area contributed by atoms with Crippen LogP contribution in [-0.2, 0) is 16.1 Å². The lowest BCUT2D eigenvalue weighted by Crippen LogP contribution is -2.29. The van der Waals surface area contributed by atoms with Gasteiger partial charge in [-0.15, -0.1) is 0 Å². The Kier molecular flexibility index (Phi) is 6.87. The molecule has 0 heterocycles. The molecule has 1 aromatic rings. The molecule has 20 heavy (non-hydrogen) atoms. The number of hydrogen-bond acceptors (Lipinski definition) is 5. The number of para-hydroxylation sites is 1. The van der Waals surface area contributed by atoms with Gasteiger partial charge in [0, 0.05) is 5.56 Å². The van der Waals surface area contributed by atoms with Gasteiger partial charge >= 0.3 is 5.97 Å². The van der Waals surface area contributed by atoms with E-state index in [1.807, 2.05) is 6.92 Å². The van der Waals surface area contributed by atoms with Crippen molar-refractivity contribution >= 4 is 5.97 Å². The first-order valence-electron chi connectivity index (χ1n) is 6.77. The van der Waals surface area contributed by atoms with Crippen LogP contribution < -0.4 is 9.47 Å². The number of ether oxygens (including phenoxy) is 3. The van der Waals surface area contributed by atoms with Crippen molar-refractivity contribution < 1.29 is 24.1 Å². The highest BCUT2D eigenvalue weighted by Gasteiger charge is 2.23. The molecule has 1 rings (SSSR count). The van der Waals surface area contributed by atoms with E-state index in [0.717, 1.165) is 6.42 Å². The first kappa shape index (κ1) is 16.3. The molecule has 5 nitrogen and oxygen atoms in total. The molecule has 0 amide bonds. The van der Waals surface area contributed by atoms with Crippen molar-refractivity contribution in [3.05, 3.63) is 23.8 Å². The average Bonchev–Trinajstić information content (AvgIpc) is 2.47. The Morgan fingerprint density at radius 3 is 2.65 bits per heavy atom. The Labute approximate surface area is 119 Å². The minimum Gasteiger partial charge on any atom is -0.493 e. The number of aliphatic hydroxyl groups excluding tert-OH is 1. The van der Waals surface area contributed by atoms with Gasteiger partial charge in [0.15, 0.2) is 17.6 Å². The van der Waals surface area contributed by atoms with Crippen LogP contribution in [0.25, 0.3) is 0 Å². The van der Waals surface area contributed by atoms with E-state index < -0.39 is 12.1 Å². The molecule has 0 spiro atoms. The molecule has 1 N–H and O–H groups in total. The maximum atomic E-state index is 11.9. The third kappa shape index (κ3) is 4.13. The molecule has 0 aliphatic carbocycles. The SMILES string of the molecule is CCCC(Oc1c(CO)cccc1OC)C(=O)OCC. The highest BCUT2D eigenvalue weighted by atomic mass is 16.6. The van der Waals surface area contributed by atoms with Crippen LogP contribution in [0.15, 0.2) is 18.2 Å². The number of carbonyl (C=O) groups excluding carboxylic acids is 1. The molecule has 1 aromatic carbocycles. The maximum absolute atomic E-state index is 11.9. The summed E-state index contributed by atoms with van der Waals surface area (Å²) < 4.78 is 16.0. The molecule has 1 atom stereocenters. The van der Waals surface area contributed by atoms with Crippen LogP contribution in [0, 0.1) is 0 Å². The summed E-state index contributed by atoms with van der Waals surface area (Å²) >= 11 is 0. The van der Waals surface area contributed by atoms with Gasteiger partial charge < -0.3 is 19.3 Å². The van der Waals surface area contributed by atoms with Crippen LogP contribution in [0.5, 0.6) is 11.5 Å². The first-order valence-corrected chi connectivity index (χ1v) is 6.77. The molecule has 0 aromatic heterocycles. The molecular formula is C15H22O5. The molecule has 0 aliphatic rings. The normalized spacial score (nSPS) is 11.8. The molecular weight excluding hydrogens is 260 g/mol. The summed E-state index contributed by atoms with van der Waals surface area (Å²) in [6, 6.07) is 5.21. The van der Waals surface area contributed by atoms with Crippen molar-refractivity contribution in [2.75, 3.05) is 13.7 Å². The van der Waals surface area contributed by atoms with Crippen molar-refractivity contribution in [3.63, 3.8) is 0 Å². The van der Waals surface area contributed by atoms with E-state index in [2.05, 4.69) is 0 Å². The number of esters is 1. The highest BCUT2D eigenvalue weighted by Crippen LogP contribution is 2.32. The number of carbonyl (C=O) groups is 1. The fraction of sp³-hybridized carbons (Fsp3) is 0.533. The fourth-order valence-corrected chi connectivity index (χ4v) is 1.84. The Morgan fingerprint density at radius 1 is 1.35 bits per heavy atom. The van der Waals surface area contributed by atoms with Gasteiger partial charge in [-0.2, -0.15) is 0 Å². The van der Waals surface area contributed by atoms with Crippen LogP contribution in [0.2, 0.25) is 0 Å². The Morgan fingerprint density at radius 2 is 2.10 bits per heavy atom. The summed E-state index contributed by atoms with van der Waals surface area (Å²) in [5, 5.41) is 9.37. The van der Waals surface area contributed by atoms with Gasteiger partial charge in [-0.1, -0.05) is 25.5 Å². The topological polar surface area (TPSA) is 65.0 Å². The van der Waals surface area contributed by atoms with E-state index in [1.54, 1.807) is 25.1 Å². The van der Waals surface area contributed by atoms with Gasteiger partial charge in [-0.25, -0.2) is 4.79 Å². The molecule has 1 unspecified atom stereocenters.